The van der Waals surface area contributed by atoms with Crippen LogP contribution < -0.4 is 15.0 Å². The Labute approximate surface area is 181 Å². The summed E-state index contributed by atoms with van der Waals surface area (Å²) >= 11 is 12.2. The van der Waals surface area contributed by atoms with E-state index in [-0.39, 0.29) is 11.9 Å². The molecule has 0 aromatic heterocycles. The minimum absolute atomic E-state index is 0.0755. The maximum atomic E-state index is 13.0. The van der Waals surface area contributed by atoms with E-state index < -0.39 is 6.10 Å². The van der Waals surface area contributed by atoms with Crippen molar-refractivity contribution < 1.29 is 14.3 Å². The number of nitrogens with zero attached hydrogens (tertiary/aromatic N) is 1. The number of carbonyl (C=O) groups excluding carboxylic acids is 1. The molecular formula is C22H26Cl2N2O3. The molecule has 1 fully saturated rings. The normalized spacial score (nSPS) is 18.7. The smallest absolute Gasteiger partial charge is 0.270 e. The number of anilines is 1. The van der Waals surface area contributed by atoms with Gasteiger partial charge in [-0.1, -0.05) is 35.3 Å². The molecule has 1 saturated heterocycles. The van der Waals surface area contributed by atoms with Gasteiger partial charge in [-0.15, -0.1) is 0 Å². The fourth-order valence-corrected chi connectivity index (χ4v) is 3.89. The fourth-order valence-electron chi connectivity index (χ4n) is 3.44. The lowest BCUT2D eigenvalue weighted by atomic mass is 9.94. The second-order valence-corrected chi connectivity index (χ2v) is 8.00. The number of benzene rings is 2. The molecule has 0 aliphatic carbocycles. The van der Waals surface area contributed by atoms with E-state index in [9.17, 15) is 4.79 Å². The highest BCUT2D eigenvalue weighted by molar-refractivity contribution is 6.35. The Kier molecular flexibility index (Phi) is 7.41. The predicted molar refractivity (Wildman–Crippen MR) is 117 cm³/mol. The first-order valence-corrected chi connectivity index (χ1v) is 10.4. The molecule has 29 heavy (non-hydrogen) atoms. The van der Waals surface area contributed by atoms with E-state index >= 15 is 0 Å². The molecule has 1 aliphatic rings. The highest BCUT2D eigenvalue weighted by Gasteiger charge is 2.50. The van der Waals surface area contributed by atoms with Crippen molar-refractivity contribution in [2.24, 2.45) is 0 Å². The van der Waals surface area contributed by atoms with E-state index in [4.69, 9.17) is 32.7 Å². The van der Waals surface area contributed by atoms with Crippen LogP contribution >= 0.6 is 23.2 Å². The monoisotopic (exact) mass is 436 g/mol. The summed E-state index contributed by atoms with van der Waals surface area (Å²) in [5.41, 5.74) is 3.15. The Morgan fingerprint density at radius 2 is 1.97 bits per heavy atom. The quantitative estimate of drug-likeness (QED) is 0.467. The molecule has 0 spiro atoms. The molecule has 1 aliphatic heterocycles. The molecular weight excluding hydrogens is 411 g/mol. The maximum absolute atomic E-state index is 13.0. The molecule has 0 saturated carbocycles. The predicted octanol–water partition coefficient (Wildman–Crippen LogP) is 4.40. The molecule has 5 nitrogen and oxygen atoms in total. The van der Waals surface area contributed by atoms with E-state index in [1.165, 1.54) is 0 Å². The van der Waals surface area contributed by atoms with Gasteiger partial charge >= 0.3 is 0 Å². The van der Waals surface area contributed by atoms with E-state index in [1.807, 2.05) is 36.9 Å². The van der Waals surface area contributed by atoms with Gasteiger partial charge in [0.25, 0.3) is 5.91 Å². The Morgan fingerprint density at radius 1 is 1.17 bits per heavy atom. The summed E-state index contributed by atoms with van der Waals surface area (Å²) in [6.45, 7) is 6.18. The molecule has 0 radical (unpaired) electrons. The Hall–Kier alpha value is -1.79. The molecule has 7 heteroatoms. The van der Waals surface area contributed by atoms with Gasteiger partial charge in [-0.25, -0.2) is 0 Å². The summed E-state index contributed by atoms with van der Waals surface area (Å²) in [5.74, 6) is 0.382. The van der Waals surface area contributed by atoms with Gasteiger partial charge in [0.15, 0.2) is 6.10 Å². The van der Waals surface area contributed by atoms with Gasteiger partial charge in [-0.3, -0.25) is 4.79 Å². The fraction of sp³-hybridized carbons (Fsp3) is 0.409. The Morgan fingerprint density at radius 3 is 2.69 bits per heavy atom. The zero-order valence-electron chi connectivity index (χ0n) is 16.9. The number of aryl methyl sites for hydroxylation is 1. The topological polar surface area (TPSA) is 50.8 Å². The number of ether oxygens (including phenoxy) is 2. The standard InChI is InChI=1S/C22H26Cl2N2O3/c1-14-6-4-7-18(15(14)2)26-19(13-25-10-5-11-28-3)21(22(26)27)29-20-9-8-16(23)12-17(20)24/h4,6-9,12,19,21,25H,5,10-11,13H2,1-3H3. The lowest BCUT2D eigenvalue weighted by Crippen LogP contribution is -2.70. The van der Waals surface area contributed by atoms with Crippen LogP contribution in [-0.2, 0) is 9.53 Å². The van der Waals surface area contributed by atoms with Gasteiger partial charge in [-0.05, 0) is 62.2 Å². The van der Waals surface area contributed by atoms with E-state index in [2.05, 4.69) is 5.32 Å². The number of rotatable bonds is 9. The zero-order chi connectivity index (χ0) is 21.0. The number of hydrogen-bond acceptors (Lipinski definition) is 4. The molecule has 2 atom stereocenters. The van der Waals surface area contributed by atoms with E-state index in [0.29, 0.717) is 28.9 Å². The maximum Gasteiger partial charge on any atom is 0.270 e. The van der Waals surface area contributed by atoms with Gasteiger partial charge in [0.05, 0.1) is 11.1 Å². The second kappa shape index (κ2) is 9.81. The van der Waals surface area contributed by atoms with Crippen LogP contribution in [0.3, 0.4) is 0 Å². The van der Waals surface area contributed by atoms with Crippen molar-refractivity contribution in [3.63, 3.8) is 0 Å². The first-order chi connectivity index (χ1) is 13.9. The van der Waals surface area contributed by atoms with Crippen LogP contribution in [-0.4, -0.2) is 44.9 Å². The molecule has 1 amide bonds. The summed E-state index contributed by atoms with van der Waals surface area (Å²) in [5, 5.41) is 4.32. The van der Waals surface area contributed by atoms with Crippen molar-refractivity contribution in [2.75, 3.05) is 31.7 Å². The van der Waals surface area contributed by atoms with Gasteiger partial charge < -0.3 is 19.7 Å². The van der Waals surface area contributed by atoms with E-state index in [1.54, 1.807) is 25.3 Å². The summed E-state index contributed by atoms with van der Waals surface area (Å²) < 4.78 is 11.1. The van der Waals surface area contributed by atoms with Crippen LogP contribution in [0.4, 0.5) is 5.69 Å². The molecule has 2 aromatic rings. The second-order valence-electron chi connectivity index (χ2n) is 7.16. The van der Waals surface area contributed by atoms with Crippen molar-refractivity contribution in [3.8, 4) is 5.75 Å². The first-order valence-electron chi connectivity index (χ1n) is 9.64. The molecule has 2 unspecified atom stereocenters. The summed E-state index contributed by atoms with van der Waals surface area (Å²) in [7, 11) is 1.69. The number of amides is 1. The van der Waals surface area contributed by atoms with E-state index in [0.717, 1.165) is 29.8 Å². The van der Waals surface area contributed by atoms with Gasteiger partial charge in [0.2, 0.25) is 0 Å². The van der Waals surface area contributed by atoms with Crippen molar-refractivity contribution in [1.29, 1.82) is 0 Å². The van der Waals surface area contributed by atoms with Crippen molar-refractivity contribution in [3.05, 3.63) is 57.6 Å². The van der Waals surface area contributed by atoms with Crippen LogP contribution in [0.15, 0.2) is 36.4 Å². The summed E-state index contributed by atoms with van der Waals surface area (Å²) in [4.78, 5) is 14.9. The Bertz CT molecular complexity index is 875. The lowest BCUT2D eigenvalue weighted by molar-refractivity contribution is -0.134. The third-order valence-corrected chi connectivity index (χ3v) is 5.73. The van der Waals surface area contributed by atoms with Crippen LogP contribution in [0, 0.1) is 13.8 Å². The third kappa shape index (κ3) is 4.86. The molecule has 2 aromatic carbocycles. The number of hydrogen-bond donors (Lipinski definition) is 1. The van der Waals surface area contributed by atoms with Crippen LogP contribution in [0.1, 0.15) is 17.5 Å². The average molecular weight is 437 g/mol. The zero-order valence-corrected chi connectivity index (χ0v) is 18.4. The molecule has 1 N–H and O–H groups in total. The molecule has 3 rings (SSSR count). The van der Waals surface area contributed by atoms with Crippen LogP contribution in [0.2, 0.25) is 10.0 Å². The van der Waals surface area contributed by atoms with Gasteiger partial charge in [-0.2, -0.15) is 0 Å². The largest absolute Gasteiger partial charge is 0.477 e. The minimum Gasteiger partial charge on any atom is -0.477 e. The number of β-lactam (4-membered cyclic amide) rings is 1. The number of nitrogens with one attached hydrogen (secondary N) is 1. The first kappa shape index (κ1) is 21.9. The number of methoxy groups -OCH3 is 1. The highest BCUT2D eigenvalue weighted by Crippen LogP contribution is 2.36. The van der Waals surface area contributed by atoms with Crippen LogP contribution in [0.25, 0.3) is 0 Å². The average Bonchev–Trinajstić information content (AvgIpc) is 2.69. The van der Waals surface area contributed by atoms with Crippen molar-refractivity contribution >= 4 is 34.8 Å². The lowest BCUT2D eigenvalue weighted by Gasteiger charge is -2.47. The van der Waals surface area contributed by atoms with Gasteiger partial charge in [0, 0.05) is 31.0 Å². The summed E-state index contributed by atoms with van der Waals surface area (Å²) in [6.07, 6.45) is 0.290. The van der Waals surface area contributed by atoms with Crippen LogP contribution in [0.5, 0.6) is 5.75 Å². The highest BCUT2D eigenvalue weighted by atomic mass is 35.5. The van der Waals surface area contributed by atoms with Crippen molar-refractivity contribution in [1.82, 2.24) is 5.32 Å². The Balaban J connectivity index is 1.79. The van der Waals surface area contributed by atoms with Gasteiger partial charge in [0.1, 0.15) is 5.75 Å². The molecule has 1 heterocycles. The third-order valence-electron chi connectivity index (χ3n) is 5.20. The summed E-state index contributed by atoms with van der Waals surface area (Å²) in [6, 6.07) is 10.9. The molecule has 156 valence electrons. The SMILES string of the molecule is COCCCNCC1C(Oc2ccc(Cl)cc2Cl)C(=O)N1c1cccc(C)c1C. The number of carbonyl (C=O) groups is 1. The number of halogens is 2. The molecule has 0 bridgehead atoms. The van der Waals surface area contributed by atoms with Crippen molar-refractivity contribution in [2.45, 2.75) is 32.4 Å². The minimum atomic E-state index is -0.608.